The number of nitrogens with one attached hydrogen (secondary N) is 2. The molecule has 0 aliphatic heterocycles. The van der Waals surface area contributed by atoms with Crippen LogP contribution in [0.4, 0.5) is 18.9 Å². The molecule has 12 heteroatoms. The fourth-order valence-electron chi connectivity index (χ4n) is 2.53. The van der Waals surface area contributed by atoms with Gasteiger partial charge in [-0.3, -0.25) is 19.0 Å². The van der Waals surface area contributed by atoms with Gasteiger partial charge in [0.15, 0.2) is 5.69 Å². The normalized spacial score (nSPS) is 12.7. The fraction of sp³-hybridized carbons (Fsp3) is 0.500. The van der Waals surface area contributed by atoms with Gasteiger partial charge < -0.3 is 10.6 Å². The molecule has 1 atom stereocenters. The first-order chi connectivity index (χ1) is 13.0. The van der Waals surface area contributed by atoms with Gasteiger partial charge in [-0.15, -0.1) is 0 Å². The summed E-state index contributed by atoms with van der Waals surface area (Å²) in [5.74, 6) is -1.05. The number of anilines is 1. The number of alkyl halides is 3. The highest BCUT2D eigenvalue weighted by Crippen LogP contribution is 2.36. The van der Waals surface area contributed by atoms with E-state index in [1.807, 2.05) is 6.92 Å². The topological polar surface area (TPSA) is 93.8 Å². The van der Waals surface area contributed by atoms with E-state index in [-0.39, 0.29) is 21.5 Å². The predicted molar refractivity (Wildman–Crippen MR) is 98.8 cm³/mol. The van der Waals surface area contributed by atoms with Crippen molar-refractivity contribution < 1.29 is 22.8 Å². The highest BCUT2D eigenvalue weighted by molar-refractivity contribution is 9.10. The molecule has 0 saturated heterocycles. The highest BCUT2D eigenvalue weighted by Gasteiger charge is 2.39. The van der Waals surface area contributed by atoms with Gasteiger partial charge in [0.25, 0.3) is 5.91 Å². The van der Waals surface area contributed by atoms with Gasteiger partial charge in [-0.1, -0.05) is 6.92 Å². The van der Waals surface area contributed by atoms with Gasteiger partial charge in [0, 0.05) is 13.6 Å². The van der Waals surface area contributed by atoms with E-state index in [1.165, 1.54) is 24.7 Å². The maximum atomic E-state index is 13.0. The molecule has 0 radical (unpaired) electrons. The molecule has 2 aromatic rings. The summed E-state index contributed by atoms with van der Waals surface area (Å²) in [5, 5.41) is 12.7. The lowest BCUT2D eigenvalue weighted by atomic mass is 10.2. The van der Waals surface area contributed by atoms with Crippen molar-refractivity contribution >= 4 is 33.4 Å². The first kappa shape index (κ1) is 21.9. The fourth-order valence-corrected chi connectivity index (χ4v) is 3.01. The van der Waals surface area contributed by atoms with Crippen molar-refractivity contribution in [2.45, 2.75) is 39.4 Å². The first-order valence-corrected chi connectivity index (χ1v) is 9.21. The highest BCUT2D eigenvalue weighted by atomic mass is 79.9. The summed E-state index contributed by atoms with van der Waals surface area (Å²) in [5.41, 5.74) is -0.649. The van der Waals surface area contributed by atoms with Gasteiger partial charge in [-0.25, -0.2) is 0 Å². The molecule has 0 aliphatic rings. The van der Waals surface area contributed by atoms with Crippen molar-refractivity contribution in [3.8, 4) is 0 Å². The van der Waals surface area contributed by atoms with Gasteiger partial charge in [0.2, 0.25) is 5.91 Å². The molecule has 2 amide bonds. The van der Waals surface area contributed by atoms with Gasteiger partial charge in [0.05, 0.1) is 22.1 Å². The molecule has 0 aliphatic carbocycles. The van der Waals surface area contributed by atoms with Crippen LogP contribution in [0.1, 0.15) is 48.2 Å². The molecule has 0 fully saturated rings. The lowest BCUT2D eigenvalue weighted by Gasteiger charge is -2.15. The van der Waals surface area contributed by atoms with Gasteiger partial charge in [0.1, 0.15) is 11.7 Å². The monoisotopic (exact) mass is 464 g/mol. The number of carbonyl (C=O) groups excluding carboxylic acids is 2. The molecule has 154 valence electrons. The summed E-state index contributed by atoms with van der Waals surface area (Å²) in [6, 6.07) is -1.06. The zero-order chi connectivity index (χ0) is 21.2. The number of carbonyl (C=O) groups is 2. The van der Waals surface area contributed by atoms with Crippen LogP contribution in [0, 0.1) is 6.92 Å². The van der Waals surface area contributed by atoms with Gasteiger partial charge in [-0.05, 0) is 36.2 Å². The molecule has 2 heterocycles. The molecule has 2 N–H and O–H groups in total. The Kier molecular flexibility index (Phi) is 6.52. The van der Waals surface area contributed by atoms with Gasteiger partial charge in [-0.2, -0.15) is 23.4 Å². The molecule has 8 nitrogen and oxygen atoms in total. The Morgan fingerprint density at radius 2 is 2.00 bits per heavy atom. The maximum absolute atomic E-state index is 13.0. The van der Waals surface area contributed by atoms with E-state index in [1.54, 1.807) is 7.05 Å². The minimum Gasteiger partial charge on any atom is -0.351 e. The number of halogens is 4. The second-order valence-electron chi connectivity index (χ2n) is 6.14. The molecule has 0 aromatic carbocycles. The van der Waals surface area contributed by atoms with Crippen molar-refractivity contribution in [2.75, 3.05) is 11.9 Å². The minimum absolute atomic E-state index is 0.142. The number of rotatable bonds is 6. The first-order valence-electron chi connectivity index (χ1n) is 8.41. The van der Waals surface area contributed by atoms with E-state index in [0.29, 0.717) is 6.54 Å². The SMILES string of the molecule is CCCNC(=O)c1c(NC(=O)C(C)n2nc(C(F)(F)F)c(Br)c2C)cnn1C. The van der Waals surface area contributed by atoms with Crippen LogP contribution in [0.2, 0.25) is 0 Å². The van der Waals surface area contributed by atoms with Crippen molar-refractivity contribution in [1.82, 2.24) is 24.9 Å². The van der Waals surface area contributed by atoms with Crippen LogP contribution in [-0.2, 0) is 18.0 Å². The third kappa shape index (κ3) is 4.37. The maximum Gasteiger partial charge on any atom is 0.436 e. The van der Waals surface area contributed by atoms with Crippen molar-refractivity contribution in [3.05, 3.63) is 27.8 Å². The van der Waals surface area contributed by atoms with Crippen LogP contribution in [-0.4, -0.2) is 37.9 Å². The third-order valence-corrected chi connectivity index (χ3v) is 4.99. The second-order valence-corrected chi connectivity index (χ2v) is 6.93. The Bertz CT molecular complexity index is 890. The van der Waals surface area contributed by atoms with Crippen LogP contribution in [0.15, 0.2) is 10.7 Å². The summed E-state index contributed by atoms with van der Waals surface area (Å²) in [6.45, 7) is 5.18. The van der Waals surface area contributed by atoms with E-state index in [0.717, 1.165) is 11.1 Å². The Morgan fingerprint density at radius 3 is 2.54 bits per heavy atom. The average Bonchev–Trinajstić information content (AvgIpc) is 3.12. The second kappa shape index (κ2) is 8.33. The summed E-state index contributed by atoms with van der Waals surface area (Å²) >= 11 is 2.88. The largest absolute Gasteiger partial charge is 0.436 e. The molecule has 2 aromatic heterocycles. The predicted octanol–water partition coefficient (Wildman–Crippen LogP) is 3.05. The Balaban J connectivity index is 2.26. The van der Waals surface area contributed by atoms with E-state index in [9.17, 15) is 22.8 Å². The lowest BCUT2D eigenvalue weighted by Crippen LogP contribution is -2.29. The smallest absolute Gasteiger partial charge is 0.351 e. The van der Waals surface area contributed by atoms with Crippen molar-refractivity contribution in [1.29, 1.82) is 0 Å². The Labute approximate surface area is 167 Å². The summed E-state index contributed by atoms with van der Waals surface area (Å²) in [4.78, 5) is 24.9. The van der Waals surface area contributed by atoms with Crippen LogP contribution >= 0.6 is 15.9 Å². The molecule has 0 spiro atoms. The zero-order valence-corrected chi connectivity index (χ0v) is 17.3. The lowest BCUT2D eigenvalue weighted by molar-refractivity contribution is -0.142. The van der Waals surface area contributed by atoms with Gasteiger partial charge >= 0.3 is 6.18 Å². The van der Waals surface area contributed by atoms with Crippen molar-refractivity contribution in [3.63, 3.8) is 0 Å². The number of nitrogens with zero attached hydrogens (tertiary/aromatic N) is 4. The number of hydrogen-bond acceptors (Lipinski definition) is 4. The molecule has 2 rings (SSSR count). The summed E-state index contributed by atoms with van der Waals surface area (Å²) in [6.07, 6.45) is -2.62. The number of aromatic nitrogens is 4. The molecule has 28 heavy (non-hydrogen) atoms. The Morgan fingerprint density at radius 1 is 1.36 bits per heavy atom. The van der Waals surface area contributed by atoms with Crippen molar-refractivity contribution in [2.24, 2.45) is 7.05 Å². The molecule has 0 bridgehead atoms. The number of amides is 2. The third-order valence-electron chi connectivity index (χ3n) is 4.04. The van der Waals surface area contributed by atoms with E-state index < -0.39 is 29.7 Å². The zero-order valence-electron chi connectivity index (χ0n) is 15.7. The van der Waals surface area contributed by atoms with Crippen LogP contribution in [0.25, 0.3) is 0 Å². The molecule has 0 saturated carbocycles. The van der Waals surface area contributed by atoms with E-state index >= 15 is 0 Å². The molecular formula is C16H20BrF3N6O2. The Hall–Kier alpha value is -2.37. The van der Waals surface area contributed by atoms with E-state index in [4.69, 9.17) is 0 Å². The summed E-state index contributed by atoms with van der Waals surface area (Å²) in [7, 11) is 1.55. The van der Waals surface area contributed by atoms with E-state index in [2.05, 4.69) is 36.8 Å². The molecular weight excluding hydrogens is 445 g/mol. The van der Waals surface area contributed by atoms with Crippen LogP contribution in [0.5, 0.6) is 0 Å². The molecule has 1 unspecified atom stereocenters. The quantitative estimate of drug-likeness (QED) is 0.686. The number of aryl methyl sites for hydroxylation is 1. The summed E-state index contributed by atoms with van der Waals surface area (Å²) < 4.78 is 41.2. The minimum atomic E-state index is -4.65. The van der Waals surface area contributed by atoms with Crippen LogP contribution in [0.3, 0.4) is 0 Å². The standard InChI is InChI=1S/C16H20BrF3N6O2/c1-5-6-21-15(28)12-10(7-22-25(12)4)23-14(27)9(3)26-8(2)11(17)13(24-26)16(18,19)20/h7,9H,5-6H2,1-4H3,(H,21,28)(H,23,27). The van der Waals surface area contributed by atoms with Crippen LogP contribution < -0.4 is 10.6 Å². The average molecular weight is 465 g/mol. The number of hydrogen-bond donors (Lipinski definition) is 2.